The highest BCUT2D eigenvalue weighted by molar-refractivity contribution is 9.12. The van der Waals surface area contributed by atoms with Gasteiger partial charge in [-0.3, -0.25) is 9.59 Å². The van der Waals surface area contributed by atoms with Gasteiger partial charge >= 0.3 is 0 Å². The lowest BCUT2D eigenvalue weighted by Gasteiger charge is -2.08. The highest BCUT2D eigenvalue weighted by Crippen LogP contribution is 2.14. The van der Waals surface area contributed by atoms with Gasteiger partial charge in [-0.15, -0.1) is 0 Å². The van der Waals surface area contributed by atoms with Crippen molar-refractivity contribution in [3.63, 3.8) is 0 Å². The molecule has 1 amide bonds. The molecule has 0 saturated heterocycles. The summed E-state index contributed by atoms with van der Waals surface area (Å²) in [7, 11) is 0. The van der Waals surface area contributed by atoms with Crippen molar-refractivity contribution < 1.29 is 9.59 Å². The first-order valence-corrected chi connectivity index (χ1v) is 6.77. The van der Waals surface area contributed by atoms with E-state index in [1.807, 2.05) is 0 Å². The number of rotatable bonds is 4. The van der Waals surface area contributed by atoms with Crippen LogP contribution in [0.25, 0.3) is 0 Å². The van der Waals surface area contributed by atoms with Crippen molar-refractivity contribution in [2.24, 2.45) is 0 Å². The Morgan fingerprint density at radius 2 is 2.12 bits per heavy atom. The van der Waals surface area contributed by atoms with E-state index in [0.717, 1.165) is 0 Å². The predicted octanol–water partition coefficient (Wildman–Crippen LogP) is 3.16. The Morgan fingerprint density at radius 1 is 1.44 bits per heavy atom. The van der Waals surface area contributed by atoms with Crippen LogP contribution in [0.15, 0.2) is 24.3 Å². The topological polar surface area (TPSA) is 46.2 Å². The van der Waals surface area contributed by atoms with Gasteiger partial charge in [-0.05, 0) is 29.8 Å². The van der Waals surface area contributed by atoms with Gasteiger partial charge in [0.05, 0.1) is 0 Å². The SMILES string of the molecule is O=C(Cl)c1cccc(NC(=O)C(Br)CBr)c1. The Morgan fingerprint density at radius 3 is 2.69 bits per heavy atom. The first kappa shape index (κ1) is 13.7. The third kappa shape index (κ3) is 3.88. The molecule has 1 N–H and O–H groups in total. The third-order valence-corrected chi connectivity index (χ3v) is 4.25. The minimum Gasteiger partial charge on any atom is -0.325 e. The maximum Gasteiger partial charge on any atom is 0.252 e. The molecule has 0 heterocycles. The minimum absolute atomic E-state index is 0.184. The molecule has 16 heavy (non-hydrogen) atoms. The Balaban J connectivity index is 2.78. The predicted molar refractivity (Wildman–Crippen MR) is 71.8 cm³/mol. The first-order valence-electron chi connectivity index (χ1n) is 4.35. The highest BCUT2D eigenvalue weighted by atomic mass is 79.9. The van der Waals surface area contributed by atoms with Crippen LogP contribution in [0.2, 0.25) is 0 Å². The van der Waals surface area contributed by atoms with E-state index in [2.05, 4.69) is 37.2 Å². The van der Waals surface area contributed by atoms with Gasteiger partial charge in [-0.2, -0.15) is 0 Å². The number of alkyl halides is 2. The van der Waals surface area contributed by atoms with E-state index in [-0.39, 0.29) is 10.7 Å². The van der Waals surface area contributed by atoms with Gasteiger partial charge in [-0.1, -0.05) is 37.9 Å². The molecule has 1 atom stereocenters. The van der Waals surface area contributed by atoms with Crippen LogP contribution in [0.1, 0.15) is 10.4 Å². The number of hydrogen-bond acceptors (Lipinski definition) is 2. The Labute approximate surface area is 115 Å². The smallest absolute Gasteiger partial charge is 0.252 e. The van der Waals surface area contributed by atoms with Gasteiger partial charge < -0.3 is 5.32 Å². The molecule has 0 fully saturated rings. The molecule has 1 aromatic carbocycles. The second-order valence-electron chi connectivity index (χ2n) is 2.97. The van der Waals surface area contributed by atoms with Crippen molar-refractivity contribution in [2.75, 3.05) is 10.6 Å². The molecule has 0 spiro atoms. The maximum atomic E-state index is 11.5. The third-order valence-electron chi connectivity index (χ3n) is 1.78. The summed E-state index contributed by atoms with van der Waals surface area (Å²) in [6, 6.07) is 6.46. The number of hydrogen-bond donors (Lipinski definition) is 1. The number of nitrogens with one attached hydrogen (secondary N) is 1. The van der Waals surface area contributed by atoms with E-state index >= 15 is 0 Å². The minimum atomic E-state index is -0.549. The zero-order valence-electron chi connectivity index (χ0n) is 8.04. The molecule has 1 rings (SSSR count). The lowest BCUT2D eigenvalue weighted by Crippen LogP contribution is -2.23. The van der Waals surface area contributed by atoms with Gasteiger partial charge in [-0.25, -0.2) is 0 Å². The zero-order valence-corrected chi connectivity index (χ0v) is 12.0. The Bertz CT molecular complexity index is 412. The number of carbonyl (C=O) groups excluding carboxylic acids is 2. The summed E-state index contributed by atoms with van der Waals surface area (Å²) in [6.45, 7) is 0. The molecule has 1 unspecified atom stereocenters. The van der Waals surface area contributed by atoms with Crippen LogP contribution in [-0.4, -0.2) is 21.3 Å². The second kappa shape index (κ2) is 6.37. The van der Waals surface area contributed by atoms with E-state index in [1.54, 1.807) is 18.2 Å². The molecular weight excluding hydrogens is 361 g/mol. The van der Waals surface area contributed by atoms with Crippen molar-refractivity contribution in [1.82, 2.24) is 0 Å². The van der Waals surface area contributed by atoms with Crippen LogP contribution >= 0.6 is 43.5 Å². The number of amides is 1. The van der Waals surface area contributed by atoms with Crippen molar-refractivity contribution in [2.45, 2.75) is 4.83 Å². The molecule has 0 radical (unpaired) electrons. The Hall–Kier alpha value is -0.390. The molecule has 1 aromatic rings. The van der Waals surface area contributed by atoms with Gasteiger partial charge in [0.25, 0.3) is 5.24 Å². The summed E-state index contributed by atoms with van der Waals surface area (Å²) in [4.78, 5) is 22.1. The average Bonchev–Trinajstić information content (AvgIpc) is 2.28. The molecule has 0 bridgehead atoms. The van der Waals surface area contributed by atoms with Gasteiger partial charge in [0, 0.05) is 16.6 Å². The summed E-state index contributed by atoms with van der Waals surface area (Å²) in [6.07, 6.45) is 0. The van der Waals surface area contributed by atoms with Crippen molar-refractivity contribution >= 4 is 60.3 Å². The summed E-state index contributed by atoms with van der Waals surface area (Å²) in [5, 5.41) is 2.62. The van der Waals surface area contributed by atoms with Crippen molar-refractivity contribution in [1.29, 1.82) is 0 Å². The molecule has 3 nitrogen and oxygen atoms in total. The first-order chi connectivity index (χ1) is 7.54. The van der Waals surface area contributed by atoms with Crippen LogP contribution in [0, 0.1) is 0 Å². The molecule has 86 valence electrons. The van der Waals surface area contributed by atoms with E-state index in [0.29, 0.717) is 16.6 Å². The second-order valence-corrected chi connectivity index (χ2v) is 5.06. The Kier molecular flexibility index (Phi) is 5.44. The summed E-state index contributed by atoms with van der Waals surface area (Å²) < 4.78 is 0. The van der Waals surface area contributed by atoms with E-state index in [9.17, 15) is 9.59 Å². The van der Waals surface area contributed by atoms with E-state index in [1.165, 1.54) is 6.07 Å². The van der Waals surface area contributed by atoms with Crippen LogP contribution in [-0.2, 0) is 4.79 Å². The molecule has 0 aliphatic carbocycles. The van der Waals surface area contributed by atoms with Gasteiger partial charge in [0.15, 0.2) is 0 Å². The van der Waals surface area contributed by atoms with E-state index in [4.69, 9.17) is 11.6 Å². The summed E-state index contributed by atoms with van der Waals surface area (Å²) in [5.41, 5.74) is 0.895. The average molecular weight is 369 g/mol. The van der Waals surface area contributed by atoms with Crippen molar-refractivity contribution in [3.8, 4) is 0 Å². The lowest BCUT2D eigenvalue weighted by molar-refractivity contribution is -0.115. The van der Waals surface area contributed by atoms with Crippen LogP contribution in [0.3, 0.4) is 0 Å². The fourth-order valence-electron chi connectivity index (χ4n) is 1.01. The van der Waals surface area contributed by atoms with Crippen LogP contribution < -0.4 is 5.32 Å². The maximum absolute atomic E-state index is 11.5. The van der Waals surface area contributed by atoms with Gasteiger partial charge in [0.1, 0.15) is 4.83 Å². The molecule has 0 aromatic heterocycles. The summed E-state index contributed by atoms with van der Waals surface area (Å²) >= 11 is 11.7. The normalized spacial score (nSPS) is 11.9. The number of benzene rings is 1. The highest BCUT2D eigenvalue weighted by Gasteiger charge is 2.13. The fourth-order valence-corrected chi connectivity index (χ4v) is 1.54. The lowest BCUT2D eigenvalue weighted by atomic mass is 10.2. The van der Waals surface area contributed by atoms with Crippen molar-refractivity contribution in [3.05, 3.63) is 29.8 Å². The zero-order chi connectivity index (χ0) is 12.1. The summed E-state index contributed by atoms with van der Waals surface area (Å²) in [5.74, 6) is -0.184. The number of carbonyl (C=O) groups is 2. The van der Waals surface area contributed by atoms with Gasteiger partial charge in [0.2, 0.25) is 5.91 Å². The molecule has 6 heteroatoms. The number of anilines is 1. The number of halogens is 3. The van der Waals surface area contributed by atoms with Crippen LogP contribution in [0.5, 0.6) is 0 Å². The molecule has 0 aliphatic rings. The standard InChI is InChI=1S/C10H8Br2ClNO2/c11-5-8(12)10(16)14-7-3-1-2-6(4-7)9(13)15/h1-4,8H,5H2,(H,14,16). The monoisotopic (exact) mass is 367 g/mol. The van der Waals surface area contributed by atoms with Crippen LogP contribution in [0.4, 0.5) is 5.69 Å². The molecule has 0 saturated carbocycles. The molecule has 0 aliphatic heterocycles. The largest absolute Gasteiger partial charge is 0.325 e. The van der Waals surface area contributed by atoms with E-state index < -0.39 is 5.24 Å². The fraction of sp³-hybridized carbons (Fsp3) is 0.200. The quantitative estimate of drug-likeness (QED) is 0.655. The molecular formula is C10H8Br2ClNO2.